The molecule has 0 saturated carbocycles. The van der Waals surface area contributed by atoms with Crippen LogP contribution in [0.3, 0.4) is 0 Å². The van der Waals surface area contributed by atoms with Gasteiger partial charge in [-0.25, -0.2) is 0 Å². The van der Waals surface area contributed by atoms with Crippen LogP contribution in [0.15, 0.2) is 46.7 Å². The molecule has 1 aliphatic heterocycles. The van der Waals surface area contributed by atoms with Crippen molar-refractivity contribution in [1.82, 2.24) is 14.9 Å². The summed E-state index contributed by atoms with van der Waals surface area (Å²) in [4.78, 5) is 0. The number of aryl methyl sites for hydroxylation is 1. The summed E-state index contributed by atoms with van der Waals surface area (Å²) in [5.74, 6) is 1.94. The molecule has 6 nitrogen and oxygen atoms in total. The Balaban J connectivity index is 1.82. The van der Waals surface area contributed by atoms with Crippen LogP contribution in [-0.4, -0.2) is 33.4 Å². The van der Waals surface area contributed by atoms with E-state index >= 15 is 0 Å². The van der Waals surface area contributed by atoms with Crippen molar-refractivity contribution in [3.05, 3.63) is 52.5 Å². The Morgan fingerprint density at radius 1 is 1.19 bits per heavy atom. The number of hydrogen-bond acceptors (Lipinski definition) is 6. The van der Waals surface area contributed by atoms with Gasteiger partial charge in [0.25, 0.3) is 0 Å². The summed E-state index contributed by atoms with van der Waals surface area (Å²) in [6.45, 7) is 1.99. The molecule has 3 aromatic rings. The summed E-state index contributed by atoms with van der Waals surface area (Å²) in [7, 11) is 1.60. The van der Waals surface area contributed by atoms with Gasteiger partial charge in [0, 0.05) is 22.0 Å². The molecule has 0 spiro atoms. The van der Waals surface area contributed by atoms with Gasteiger partial charge in [-0.3, -0.25) is 0 Å². The first-order valence-corrected chi connectivity index (χ1v) is 9.29. The topological polar surface area (TPSA) is 78.3 Å². The van der Waals surface area contributed by atoms with Gasteiger partial charge < -0.3 is 10.5 Å². The number of hydrogen-bond donors (Lipinski definition) is 1. The van der Waals surface area contributed by atoms with Crippen molar-refractivity contribution in [3.63, 3.8) is 0 Å². The van der Waals surface area contributed by atoms with Crippen LogP contribution < -0.4 is 10.5 Å². The average Bonchev–Trinajstić information content (AvgIpc) is 3.07. The van der Waals surface area contributed by atoms with Crippen LogP contribution in [-0.2, 0) is 0 Å². The number of anilines is 1. The van der Waals surface area contributed by atoms with Gasteiger partial charge in [0.15, 0.2) is 5.82 Å². The third kappa shape index (κ3) is 2.93. The molecule has 4 rings (SSSR count). The molecule has 26 heavy (non-hydrogen) atoms. The molecule has 2 heterocycles. The molecule has 0 atom stereocenters. The van der Waals surface area contributed by atoms with Crippen LogP contribution in [0.2, 0.25) is 5.02 Å². The fourth-order valence-electron chi connectivity index (χ4n) is 2.71. The highest BCUT2D eigenvalue weighted by atomic mass is 35.5. The summed E-state index contributed by atoms with van der Waals surface area (Å²) in [6.07, 6.45) is 0. The van der Waals surface area contributed by atoms with E-state index in [9.17, 15) is 0 Å². The fraction of sp³-hybridized carbons (Fsp3) is 0.167. The molecule has 0 unspecified atom stereocenters. The van der Waals surface area contributed by atoms with Gasteiger partial charge in [0.05, 0.1) is 18.4 Å². The third-order valence-electron chi connectivity index (χ3n) is 4.19. The smallest absolute Gasteiger partial charge is 0.212 e. The van der Waals surface area contributed by atoms with E-state index in [2.05, 4.69) is 10.2 Å². The molecule has 8 heteroatoms. The number of rotatable bonds is 3. The van der Waals surface area contributed by atoms with E-state index in [1.54, 1.807) is 35.7 Å². The van der Waals surface area contributed by atoms with E-state index in [-0.39, 0.29) is 0 Å². The molecular formula is C18H16ClN5OS. The predicted octanol–water partition coefficient (Wildman–Crippen LogP) is 3.86. The van der Waals surface area contributed by atoms with Gasteiger partial charge in [-0.05, 0) is 36.8 Å². The number of halogens is 1. The Kier molecular flexibility index (Phi) is 4.34. The maximum absolute atomic E-state index is 6.06. The zero-order valence-electron chi connectivity index (χ0n) is 14.2. The second kappa shape index (κ2) is 6.66. The predicted molar refractivity (Wildman–Crippen MR) is 105 cm³/mol. The Bertz CT molecular complexity index is 1030. The van der Waals surface area contributed by atoms with E-state index in [0.717, 1.165) is 33.2 Å². The van der Waals surface area contributed by atoms with Crippen LogP contribution in [0.5, 0.6) is 5.75 Å². The maximum atomic E-state index is 6.06. The first-order valence-electron chi connectivity index (χ1n) is 7.93. The van der Waals surface area contributed by atoms with Gasteiger partial charge in [-0.1, -0.05) is 35.5 Å². The largest absolute Gasteiger partial charge is 0.496 e. The summed E-state index contributed by atoms with van der Waals surface area (Å²) < 4.78 is 7.19. The first-order chi connectivity index (χ1) is 12.6. The summed E-state index contributed by atoms with van der Waals surface area (Å²) in [5, 5.41) is 14.6. The van der Waals surface area contributed by atoms with Gasteiger partial charge in [-0.15, -0.1) is 10.2 Å². The van der Waals surface area contributed by atoms with Crippen molar-refractivity contribution in [2.75, 3.05) is 18.6 Å². The van der Waals surface area contributed by atoms with Crippen molar-refractivity contribution < 1.29 is 4.74 Å². The second-order valence-electron chi connectivity index (χ2n) is 5.87. The Hall–Kier alpha value is -2.51. The molecule has 1 aliphatic rings. The molecule has 0 fully saturated rings. The summed E-state index contributed by atoms with van der Waals surface area (Å²) in [5.41, 5.74) is 10.6. The normalized spacial score (nSPS) is 13.3. The number of ether oxygens (including phenoxy) is 1. The average molecular weight is 386 g/mol. The highest BCUT2D eigenvalue weighted by Crippen LogP contribution is 2.34. The van der Waals surface area contributed by atoms with Crippen molar-refractivity contribution in [2.45, 2.75) is 12.1 Å². The molecule has 0 amide bonds. The molecule has 0 aliphatic carbocycles. The number of benzene rings is 2. The Morgan fingerprint density at radius 2 is 2.04 bits per heavy atom. The van der Waals surface area contributed by atoms with Crippen LogP contribution in [0.4, 0.5) is 5.69 Å². The zero-order valence-corrected chi connectivity index (χ0v) is 15.8. The summed E-state index contributed by atoms with van der Waals surface area (Å²) >= 11 is 7.65. The van der Waals surface area contributed by atoms with Crippen molar-refractivity contribution in [3.8, 4) is 17.1 Å². The van der Waals surface area contributed by atoms with Crippen LogP contribution in [0, 0.1) is 6.92 Å². The number of thioether (sulfide) groups is 1. The minimum absolute atomic E-state index is 0.595. The van der Waals surface area contributed by atoms with E-state index in [1.165, 1.54) is 0 Å². The van der Waals surface area contributed by atoms with Crippen molar-refractivity contribution in [1.29, 1.82) is 0 Å². The molecule has 0 saturated heterocycles. The quantitative estimate of drug-likeness (QED) is 0.692. The Labute approximate surface area is 160 Å². The highest BCUT2D eigenvalue weighted by molar-refractivity contribution is 7.99. The molecule has 1 aromatic heterocycles. The van der Waals surface area contributed by atoms with E-state index in [4.69, 9.17) is 27.2 Å². The minimum Gasteiger partial charge on any atom is -0.496 e. The first kappa shape index (κ1) is 16.9. The van der Waals surface area contributed by atoms with E-state index in [0.29, 0.717) is 22.3 Å². The SMILES string of the molecule is COc1cc(Cl)ccc1-c1nnc2n1N=C(c1ccc(C)c(N)c1)CS2. The molecule has 2 N–H and O–H groups in total. The summed E-state index contributed by atoms with van der Waals surface area (Å²) in [6, 6.07) is 11.4. The lowest BCUT2D eigenvalue weighted by Crippen LogP contribution is -2.14. The monoisotopic (exact) mass is 385 g/mol. The maximum Gasteiger partial charge on any atom is 0.212 e. The lowest BCUT2D eigenvalue weighted by atomic mass is 10.1. The van der Waals surface area contributed by atoms with Gasteiger partial charge in [0.2, 0.25) is 5.16 Å². The molecule has 0 radical (unpaired) electrons. The van der Waals surface area contributed by atoms with Crippen LogP contribution in [0.1, 0.15) is 11.1 Å². The number of nitrogens with two attached hydrogens (primary N) is 1. The van der Waals surface area contributed by atoms with Gasteiger partial charge in [-0.2, -0.15) is 9.78 Å². The van der Waals surface area contributed by atoms with E-state index < -0.39 is 0 Å². The number of fused-ring (bicyclic) bond motifs is 1. The second-order valence-corrected chi connectivity index (χ2v) is 7.25. The van der Waals surface area contributed by atoms with Crippen molar-refractivity contribution in [2.24, 2.45) is 5.10 Å². The minimum atomic E-state index is 0.595. The lowest BCUT2D eigenvalue weighted by molar-refractivity contribution is 0.416. The standard InChI is InChI=1S/C18H16ClN5OS/c1-10-3-4-11(7-14(10)20)15-9-26-18-22-21-17(24(18)23-15)13-6-5-12(19)8-16(13)25-2/h3-8H,9,20H2,1-2H3. The number of nitrogen functional groups attached to an aromatic ring is 1. The lowest BCUT2D eigenvalue weighted by Gasteiger charge is -2.15. The van der Waals surface area contributed by atoms with Gasteiger partial charge >= 0.3 is 0 Å². The molecule has 0 bridgehead atoms. The highest BCUT2D eigenvalue weighted by Gasteiger charge is 2.22. The number of nitrogens with zero attached hydrogens (tertiary/aromatic N) is 4. The Morgan fingerprint density at radius 3 is 2.81 bits per heavy atom. The molecule has 2 aromatic carbocycles. The van der Waals surface area contributed by atoms with Crippen molar-refractivity contribution >= 4 is 34.8 Å². The van der Waals surface area contributed by atoms with Crippen LogP contribution in [0.25, 0.3) is 11.4 Å². The fourth-order valence-corrected chi connectivity index (χ4v) is 3.71. The molecule has 132 valence electrons. The van der Waals surface area contributed by atoms with Crippen LogP contribution >= 0.6 is 23.4 Å². The zero-order chi connectivity index (χ0) is 18.3. The third-order valence-corrected chi connectivity index (χ3v) is 5.35. The number of methoxy groups -OCH3 is 1. The molecular weight excluding hydrogens is 370 g/mol. The van der Waals surface area contributed by atoms with Gasteiger partial charge in [0.1, 0.15) is 5.75 Å². The number of aromatic nitrogens is 3. The van der Waals surface area contributed by atoms with E-state index in [1.807, 2.05) is 31.2 Å².